The van der Waals surface area contributed by atoms with Crippen LogP contribution in [-0.2, 0) is 9.53 Å². The van der Waals surface area contributed by atoms with E-state index >= 15 is 0 Å². The van der Waals surface area contributed by atoms with Gasteiger partial charge in [-0.25, -0.2) is 4.79 Å². The van der Waals surface area contributed by atoms with Crippen LogP contribution in [0, 0.1) is 0 Å². The molecule has 0 spiro atoms. The summed E-state index contributed by atoms with van der Waals surface area (Å²) in [6.07, 6.45) is -0.994. The number of amides is 1. The molecule has 0 fully saturated rings. The number of methoxy groups -OCH3 is 1. The van der Waals surface area contributed by atoms with Crippen LogP contribution in [0.5, 0.6) is 17.2 Å². The molecule has 1 N–H and O–H groups in total. The first-order chi connectivity index (χ1) is 14.6. The third kappa shape index (κ3) is 3.87. The van der Waals surface area contributed by atoms with Gasteiger partial charge >= 0.3 is 5.97 Å². The van der Waals surface area contributed by atoms with Gasteiger partial charge in [-0.05, 0) is 36.6 Å². The second kappa shape index (κ2) is 8.32. The Morgan fingerprint density at radius 3 is 2.47 bits per heavy atom. The zero-order chi connectivity index (χ0) is 21.1. The van der Waals surface area contributed by atoms with Crippen LogP contribution in [0.15, 0.2) is 54.6 Å². The van der Waals surface area contributed by atoms with E-state index in [0.29, 0.717) is 47.1 Å². The standard InChI is InChI=1S/C23H21NO6/c1-14(22(25)24-15-7-9-20-21(13-15)29-12-11-28-20)30-23(26)18-8-10-19(27-2)17-6-4-3-5-16(17)18/h3-10,13-14H,11-12H2,1-2H3,(H,24,25)/t14-/m1/s1. The molecular formula is C23H21NO6. The number of anilines is 1. The second-order valence-electron chi connectivity index (χ2n) is 6.76. The minimum absolute atomic E-state index is 0.366. The molecule has 0 aromatic heterocycles. The minimum atomic E-state index is -0.994. The van der Waals surface area contributed by atoms with Gasteiger partial charge in [0, 0.05) is 17.1 Å². The predicted octanol–water partition coefficient (Wildman–Crippen LogP) is 3.80. The number of rotatable bonds is 5. The van der Waals surface area contributed by atoms with Crippen molar-refractivity contribution in [2.45, 2.75) is 13.0 Å². The van der Waals surface area contributed by atoms with Gasteiger partial charge in [0.15, 0.2) is 17.6 Å². The number of esters is 1. The van der Waals surface area contributed by atoms with E-state index in [2.05, 4.69) is 5.32 Å². The van der Waals surface area contributed by atoms with Gasteiger partial charge in [-0.3, -0.25) is 4.79 Å². The quantitative estimate of drug-likeness (QED) is 0.648. The highest BCUT2D eigenvalue weighted by Gasteiger charge is 2.22. The third-order valence-corrected chi connectivity index (χ3v) is 4.79. The SMILES string of the molecule is COc1ccc(C(=O)O[C@H](C)C(=O)Nc2ccc3c(c2)OCCO3)c2ccccc12. The fourth-order valence-electron chi connectivity index (χ4n) is 3.27. The first-order valence-corrected chi connectivity index (χ1v) is 9.54. The molecule has 1 aliphatic rings. The molecule has 3 aromatic carbocycles. The number of ether oxygens (including phenoxy) is 4. The highest BCUT2D eigenvalue weighted by Crippen LogP contribution is 2.33. The molecule has 1 atom stereocenters. The first kappa shape index (κ1) is 19.6. The van der Waals surface area contributed by atoms with Crippen molar-refractivity contribution in [3.63, 3.8) is 0 Å². The smallest absolute Gasteiger partial charge is 0.339 e. The Morgan fingerprint density at radius 2 is 1.70 bits per heavy atom. The van der Waals surface area contributed by atoms with Gasteiger partial charge in [0.2, 0.25) is 0 Å². The molecule has 0 bridgehead atoms. The van der Waals surface area contributed by atoms with Crippen molar-refractivity contribution in [3.05, 3.63) is 60.2 Å². The number of hydrogen-bond donors (Lipinski definition) is 1. The van der Waals surface area contributed by atoms with E-state index < -0.39 is 18.0 Å². The predicted molar refractivity (Wildman–Crippen MR) is 111 cm³/mol. The summed E-state index contributed by atoms with van der Waals surface area (Å²) in [6, 6.07) is 15.8. The molecular weight excluding hydrogens is 386 g/mol. The summed E-state index contributed by atoms with van der Waals surface area (Å²) in [5, 5.41) is 4.22. The van der Waals surface area contributed by atoms with Gasteiger partial charge in [-0.2, -0.15) is 0 Å². The summed E-state index contributed by atoms with van der Waals surface area (Å²) in [6.45, 7) is 2.47. The molecule has 0 aliphatic carbocycles. The van der Waals surface area contributed by atoms with E-state index in [1.165, 1.54) is 6.92 Å². The maximum absolute atomic E-state index is 12.7. The molecule has 1 aliphatic heterocycles. The van der Waals surface area contributed by atoms with Crippen molar-refractivity contribution < 1.29 is 28.5 Å². The van der Waals surface area contributed by atoms with Crippen molar-refractivity contribution in [1.29, 1.82) is 0 Å². The zero-order valence-electron chi connectivity index (χ0n) is 16.6. The Hall–Kier alpha value is -3.74. The van der Waals surface area contributed by atoms with Gasteiger partial charge in [-0.15, -0.1) is 0 Å². The van der Waals surface area contributed by atoms with Crippen LogP contribution in [-0.4, -0.2) is 38.3 Å². The molecule has 3 aromatic rings. The molecule has 154 valence electrons. The van der Waals surface area contributed by atoms with Gasteiger partial charge in [0.1, 0.15) is 19.0 Å². The minimum Gasteiger partial charge on any atom is -0.496 e. The number of carbonyl (C=O) groups excluding carboxylic acids is 2. The fraction of sp³-hybridized carbons (Fsp3) is 0.217. The van der Waals surface area contributed by atoms with Crippen molar-refractivity contribution in [3.8, 4) is 17.2 Å². The number of hydrogen-bond acceptors (Lipinski definition) is 6. The summed E-state index contributed by atoms with van der Waals surface area (Å²) in [7, 11) is 1.57. The van der Waals surface area contributed by atoms with Gasteiger partial charge in [-0.1, -0.05) is 24.3 Å². The molecule has 1 heterocycles. The largest absolute Gasteiger partial charge is 0.496 e. The molecule has 7 heteroatoms. The molecule has 7 nitrogen and oxygen atoms in total. The number of nitrogens with one attached hydrogen (secondary N) is 1. The number of benzene rings is 3. The third-order valence-electron chi connectivity index (χ3n) is 4.79. The van der Waals surface area contributed by atoms with Crippen LogP contribution in [0.3, 0.4) is 0 Å². The maximum atomic E-state index is 12.7. The summed E-state index contributed by atoms with van der Waals surface area (Å²) in [4.78, 5) is 25.3. The van der Waals surface area contributed by atoms with Crippen LogP contribution >= 0.6 is 0 Å². The molecule has 0 radical (unpaired) electrons. The van der Waals surface area contributed by atoms with Crippen LogP contribution in [0.1, 0.15) is 17.3 Å². The van der Waals surface area contributed by atoms with Crippen molar-refractivity contribution in [2.24, 2.45) is 0 Å². The van der Waals surface area contributed by atoms with Gasteiger partial charge < -0.3 is 24.3 Å². The Morgan fingerprint density at radius 1 is 0.967 bits per heavy atom. The van der Waals surface area contributed by atoms with E-state index in [9.17, 15) is 9.59 Å². The average Bonchev–Trinajstić information content (AvgIpc) is 2.78. The lowest BCUT2D eigenvalue weighted by Crippen LogP contribution is -2.30. The Bertz CT molecular complexity index is 1110. The Balaban J connectivity index is 1.47. The van der Waals surface area contributed by atoms with Crippen molar-refractivity contribution in [1.82, 2.24) is 0 Å². The number of carbonyl (C=O) groups is 2. The van der Waals surface area contributed by atoms with E-state index in [1.54, 1.807) is 37.4 Å². The van der Waals surface area contributed by atoms with Crippen LogP contribution in [0.25, 0.3) is 10.8 Å². The number of fused-ring (bicyclic) bond motifs is 2. The lowest BCUT2D eigenvalue weighted by molar-refractivity contribution is -0.123. The molecule has 0 saturated carbocycles. The van der Waals surface area contributed by atoms with Crippen LogP contribution < -0.4 is 19.5 Å². The molecule has 4 rings (SSSR count). The molecule has 30 heavy (non-hydrogen) atoms. The van der Waals surface area contributed by atoms with Crippen molar-refractivity contribution >= 4 is 28.3 Å². The zero-order valence-corrected chi connectivity index (χ0v) is 16.6. The van der Waals surface area contributed by atoms with E-state index in [-0.39, 0.29) is 0 Å². The van der Waals surface area contributed by atoms with Crippen molar-refractivity contribution in [2.75, 3.05) is 25.6 Å². The van der Waals surface area contributed by atoms with E-state index in [0.717, 1.165) is 5.39 Å². The maximum Gasteiger partial charge on any atom is 0.339 e. The molecule has 0 unspecified atom stereocenters. The second-order valence-corrected chi connectivity index (χ2v) is 6.76. The van der Waals surface area contributed by atoms with Gasteiger partial charge in [0.25, 0.3) is 5.91 Å². The Kier molecular flexibility index (Phi) is 5.43. The Labute approximate surface area is 173 Å². The lowest BCUT2D eigenvalue weighted by atomic mass is 10.0. The lowest BCUT2D eigenvalue weighted by Gasteiger charge is -2.19. The summed E-state index contributed by atoms with van der Waals surface area (Å²) >= 11 is 0. The van der Waals surface area contributed by atoms with Crippen LogP contribution in [0.4, 0.5) is 5.69 Å². The summed E-state index contributed by atoms with van der Waals surface area (Å²) in [5.41, 5.74) is 0.896. The highest BCUT2D eigenvalue weighted by molar-refractivity contribution is 6.07. The topological polar surface area (TPSA) is 83.1 Å². The summed E-state index contributed by atoms with van der Waals surface area (Å²) in [5.74, 6) is 0.821. The van der Waals surface area contributed by atoms with Crippen LogP contribution in [0.2, 0.25) is 0 Å². The average molecular weight is 407 g/mol. The highest BCUT2D eigenvalue weighted by atomic mass is 16.6. The normalized spacial score (nSPS) is 13.4. The molecule has 1 amide bonds. The molecule has 0 saturated heterocycles. The summed E-state index contributed by atoms with van der Waals surface area (Å²) < 4.78 is 21.8. The fourth-order valence-corrected chi connectivity index (χ4v) is 3.27. The van der Waals surface area contributed by atoms with E-state index in [4.69, 9.17) is 18.9 Å². The van der Waals surface area contributed by atoms with E-state index in [1.807, 2.05) is 24.3 Å². The monoisotopic (exact) mass is 407 g/mol. The van der Waals surface area contributed by atoms with Gasteiger partial charge in [0.05, 0.1) is 12.7 Å². The first-order valence-electron chi connectivity index (χ1n) is 9.54.